The third kappa shape index (κ3) is 2.49. The molecule has 18 heavy (non-hydrogen) atoms. The molecule has 1 atom stereocenters. The summed E-state index contributed by atoms with van der Waals surface area (Å²) >= 11 is 0. The van der Waals surface area contributed by atoms with Crippen molar-refractivity contribution in [3.63, 3.8) is 0 Å². The summed E-state index contributed by atoms with van der Waals surface area (Å²) in [5.41, 5.74) is 9.88. The SMILES string of the molecule is CC(Nc1ncnc(NN)c1N)c1ccccc1. The minimum Gasteiger partial charge on any atom is -0.393 e. The molecule has 0 aliphatic carbocycles. The first-order chi connectivity index (χ1) is 8.72. The lowest BCUT2D eigenvalue weighted by molar-refractivity contribution is 0.873. The Morgan fingerprint density at radius 1 is 1.11 bits per heavy atom. The maximum absolute atomic E-state index is 5.89. The largest absolute Gasteiger partial charge is 0.393 e. The van der Waals surface area contributed by atoms with Crippen LogP contribution in [-0.2, 0) is 0 Å². The van der Waals surface area contributed by atoms with Gasteiger partial charge in [0.15, 0.2) is 11.6 Å². The van der Waals surface area contributed by atoms with Crippen LogP contribution in [0.4, 0.5) is 17.3 Å². The summed E-state index contributed by atoms with van der Waals surface area (Å²) in [4.78, 5) is 8.03. The monoisotopic (exact) mass is 244 g/mol. The van der Waals surface area contributed by atoms with Crippen LogP contribution in [0.25, 0.3) is 0 Å². The van der Waals surface area contributed by atoms with E-state index in [0.29, 0.717) is 17.3 Å². The van der Waals surface area contributed by atoms with Crippen molar-refractivity contribution in [2.45, 2.75) is 13.0 Å². The van der Waals surface area contributed by atoms with Crippen LogP contribution >= 0.6 is 0 Å². The number of hydrogen-bond donors (Lipinski definition) is 4. The first kappa shape index (κ1) is 12.1. The number of nitrogens with two attached hydrogens (primary N) is 2. The summed E-state index contributed by atoms with van der Waals surface area (Å²) in [6, 6.07) is 10.1. The maximum Gasteiger partial charge on any atom is 0.168 e. The molecule has 0 radical (unpaired) electrons. The van der Waals surface area contributed by atoms with Gasteiger partial charge in [-0.05, 0) is 12.5 Å². The van der Waals surface area contributed by atoms with Crippen LogP contribution in [0, 0.1) is 0 Å². The first-order valence-electron chi connectivity index (χ1n) is 5.61. The van der Waals surface area contributed by atoms with Crippen molar-refractivity contribution in [1.29, 1.82) is 0 Å². The molecule has 2 aromatic rings. The van der Waals surface area contributed by atoms with Crippen molar-refractivity contribution in [2.75, 3.05) is 16.5 Å². The number of nitrogens with one attached hydrogen (secondary N) is 2. The highest BCUT2D eigenvalue weighted by molar-refractivity contribution is 5.73. The number of anilines is 3. The average molecular weight is 244 g/mol. The quantitative estimate of drug-likeness (QED) is 0.480. The van der Waals surface area contributed by atoms with Gasteiger partial charge in [-0.25, -0.2) is 15.8 Å². The zero-order chi connectivity index (χ0) is 13.0. The number of hydrazine groups is 1. The molecule has 0 fully saturated rings. The standard InChI is InChI=1S/C12H16N6/c1-8(9-5-3-2-4-6-9)17-11-10(13)12(18-14)16-7-15-11/h2-8H,13-14H2,1H3,(H2,15,16,17,18). The Morgan fingerprint density at radius 2 is 1.78 bits per heavy atom. The molecule has 0 bridgehead atoms. The topological polar surface area (TPSA) is 102 Å². The Kier molecular flexibility index (Phi) is 3.59. The fraction of sp³-hybridized carbons (Fsp3) is 0.167. The highest BCUT2D eigenvalue weighted by atomic mass is 15.3. The molecule has 1 aromatic carbocycles. The van der Waals surface area contributed by atoms with E-state index in [9.17, 15) is 0 Å². The van der Waals surface area contributed by atoms with Crippen LogP contribution in [0.15, 0.2) is 36.7 Å². The first-order valence-corrected chi connectivity index (χ1v) is 5.61. The van der Waals surface area contributed by atoms with Gasteiger partial charge in [-0.2, -0.15) is 0 Å². The molecule has 0 aliphatic heterocycles. The average Bonchev–Trinajstić information content (AvgIpc) is 2.42. The molecule has 6 N–H and O–H groups in total. The third-order valence-electron chi connectivity index (χ3n) is 2.67. The molecular formula is C12H16N6. The minimum absolute atomic E-state index is 0.0917. The smallest absolute Gasteiger partial charge is 0.168 e. The highest BCUT2D eigenvalue weighted by Crippen LogP contribution is 2.25. The number of aromatic nitrogens is 2. The van der Waals surface area contributed by atoms with Gasteiger partial charge in [0.05, 0.1) is 6.04 Å². The lowest BCUT2D eigenvalue weighted by Crippen LogP contribution is -2.15. The van der Waals surface area contributed by atoms with Gasteiger partial charge in [0.25, 0.3) is 0 Å². The fourth-order valence-electron chi connectivity index (χ4n) is 1.66. The van der Waals surface area contributed by atoms with E-state index in [-0.39, 0.29) is 6.04 Å². The van der Waals surface area contributed by atoms with Gasteiger partial charge in [-0.1, -0.05) is 30.3 Å². The van der Waals surface area contributed by atoms with Crippen LogP contribution in [0.2, 0.25) is 0 Å². The van der Waals surface area contributed by atoms with E-state index in [2.05, 4.69) is 20.7 Å². The van der Waals surface area contributed by atoms with Crippen LogP contribution < -0.4 is 22.3 Å². The van der Waals surface area contributed by atoms with Gasteiger partial charge in [0.1, 0.15) is 12.0 Å². The van der Waals surface area contributed by atoms with Gasteiger partial charge >= 0.3 is 0 Å². The number of nitrogens with zero attached hydrogens (tertiary/aromatic N) is 2. The molecule has 0 saturated carbocycles. The zero-order valence-electron chi connectivity index (χ0n) is 10.1. The van der Waals surface area contributed by atoms with E-state index in [4.69, 9.17) is 11.6 Å². The highest BCUT2D eigenvalue weighted by Gasteiger charge is 2.10. The molecule has 1 aromatic heterocycles. The fourth-order valence-corrected chi connectivity index (χ4v) is 1.66. The molecule has 94 valence electrons. The molecular weight excluding hydrogens is 228 g/mol. The minimum atomic E-state index is 0.0917. The lowest BCUT2D eigenvalue weighted by Gasteiger charge is -2.16. The molecule has 1 unspecified atom stereocenters. The second-order valence-electron chi connectivity index (χ2n) is 3.91. The molecule has 0 saturated heterocycles. The Hall–Kier alpha value is -2.34. The second-order valence-corrected chi connectivity index (χ2v) is 3.91. The van der Waals surface area contributed by atoms with Gasteiger partial charge in [-0.15, -0.1) is 0 Å². The van der Waals surface area contributed by atoms with E-state index in [1.807, 2.05) is 37.3 Å². The maximum atomic E-state index is 5.89. The van der Waals surface area contributed by atoms with Gasteiger partial charge in [0.2, 0.25) is 0 Å². The number of hydrogen-bond acceptors (Lipinski definition) is 6. The Morgan fingerprint density at radius 3 is 2.44 bits per heavy atom. The van der Waals surface area contributed by atoms with Gasteiger partial charge in [-0.3, -0.25) is 0 Å². The summed E-state index contributed by atoms with van der Waals surface area (Å²) in [5, 5.41) is 3.23. The predicted octanol–water partition coefficient (Wildman–Crippen LogP) is 1.52. The number of benzene rings is 1. The Balaban J connectivity index is 2.19. The second kappa shape index (κ2) is 5.33. The molecule has 0 amide bonds. The summed E-state index contributed by atoms with van der Waals surface area (Å²) < 4.78 is 0. The Labute approximate surface area is 105 Å². The van der Waals surface area contributed by atoms with Gasteiger partial charge < -0.3 is 16.5 Å². The van der Waals surface area contributed by atoms with E-state index >= 15 is 0 Å². The summed E-state index contributed by atoms with van der Waals surface area (Å²) in [5.74, 6) is 6.29. The molecule has 2 rings (SSSR count). The Bertz CT molecular complexity index is 513. The van der Waals surface area contributed by atoms with E-state index in [1.54, 1.807) is 0 Å². The zero-order valence-corrected chi connectivity index (χ0v) is 10.1. The van der Waals surface area contributed by atoms with Crippen molar-refractivity contribution in [1.82, 2.24) is 9.97 Å². The third-order valence-corrected chi connectivity index (χ3v) is 2.67. The summed E-state index contributed by atoms with van der Waals surface area (Å²) in [7, 11) is 0. The molecule has 0 spiro atoms. The van der Waals surface area contributed by atoms with Crippen molar-refractivity contribution in [3.8, 4) is 0 Å². The van der Waals surface area contributed by atoms with Gasteiger partial charge in [0, 0.05) is 0 Å². The van der Waals surface area contributed by atoms with Crippen LogP contribution in [0.5, 0.6) is 0 Å². The summed E-state index contributed by atoms with van der Waals surface area (Å²) in [6.07, 6.45) is 1.41. The van der Waals surface area contributed by atoms with Crippen molar-refractivity contribution >= 4 is 17.3 Å². The van der Waals surface area contributed by atoms with Crippen molar-refractivity contribution in [3.05, 3.63) is 42.2 Å². The summed E-state index contributed by atoms with van der Waals surface area (Å²) in [6.45, 7) is 2.03. The molecule has 1 heterocycles. The van der Waals surface area contributed by atoms with Crippen LogP contribution in [0.3, 0.4) is 0 Å². The van der Waals surface area contributed by atoms with Crippen LogP contribution in [0.1, 0.15) is 18.5 Å². The molecule has 0 aliphatic rings. The van der Waals surface area contributed by atoms with E-state index < -0.39 is 0 Å². The lowest BCUT2D eigenvalue weighted by atomic mass is 10.1. The predicted molar refractivity (Wildman–Crippen MR) is 72.7 cm³/mol. The number of rotatable bonds is 4. The van der Waals surface area contributed by atoms with Crippen molar-refractivity contribution < 1.29 is 0 Å². The van der Waals surface area contributed by atoms with Crippen LogP contribution in [-0.4, -0.2) is 9.97 Å². The van der Waals surface area contributed by atoms with E-state index in [0.717, 1.165) is 5.56 Å². The normalized spacial score (nSPS) is 11.9. The van der Waals surface area contributed by atoms with Crippen molar-refractivity contribution in [2.24, 2.45) is 5.84 Å². The molecule has 6 nitrogen and oxygen atoms in total. The number of nitrogen functional groups attached to an aromatic ring is 2. The van der Waals surface area contributed by atoms with E-state index in [1.165, 1.54) is 6.33 Å². The molecule has 6 heteroatoms.